The molecule has 0 spiro atoms. The molecule has 0 aliphatic carbocycles. The second-order valence-corrected chi connectivity index (χ2v) is 7.76. The van der Waals surface area contributed by atoms with Gasteiger partial charge >= 0.3 is 0 Å². The van der Waals surface area contributed by atoms with Crippen LogP contribution in [-0.2, 0) is 25.7 Å². The van der Waals surface area contributed by atoms with E-state index in [4.69, 9.17) is 0 Å². The van der Waals surface area contributed by atoms with Crippen molar-refractivity contribution in [2.75, 3.05) is 6.54 Å². The van der Waals surface area contributed by atoms with Gasteiger partial charge in [-0.3, -0.25) is 0 Å². The van der Waals surface area contributed by atoms with Gasteiger partial charge in [0, 0.05) is 23.6 Å². The third kappa shape index (κ3) is 3.34. The number of aromatic amines is 1. The molecule has 1 aliphatic rings. The molecule has 28 heavy (non-hydrogen) atoms. The predicted octanol–water partition coefficient (Wildman–Crippen LogP) is 6.11. The highest BCUT2D eigenvalue weighted by molar-refractivity contribution is 5.83. The minimum Gasteiger partial charge on any atom is -0.371 e. The van der Waals surface area contributed by atoms with Crippen LogP contribution in [0.1, 0.15) is 54.1 Å². The van der Waals surface area contributed by atoms with E-state index in [-0.39, 0.29) is 5.82 Å². The molecule has 0 saturated heterocycles. The minimum absolute atomic E-state index is 0.196. The molecule has 1 N–H and O–H groups in total. The van der Waals surface area contributed by atoms with Crippen LogP contribution in [0.3, 0.4) is 0 Å². The highest BCUT2D eigenvalue weighted by Crippen LogP contribution is 2.36. The number of nitrogens with zero attached hydrogens (tertiary/aromatic N) is 1. The van der Waals surface area contributed by atoms with Crippen LogP contribution in [0.15, 0.2) is 49.3 Å². The standard InChI is InChI=1S/C25H29FN2/c1-4-17-13-19-11-12-28(6-3)25(23(19)14-18(17)5-2)10-7-20-16-27-24-15-21(26)8-9-22(20)24/h6,8-9,13-16,25,27H,3-5,7,10-12H2,1-2H3. The summed E-state index contributed by atoms with van der Waals surface area (Å²) >= 11 is 0. The Kier molecular flexibility index (Phi) is 5.25. The number of H-pyrrole nitrogens is 1. The van der Waals surface area contributed by atoms with Gasteiger partial charge < -0.3 is 9.88 Å². The van der Waals surface area contributed by atoms with Gasteiger partial charge in [-0.05, 0) is 84.3 Å². The Morgan fingerprint density at radius 1 is 1.14 bits per heavy atom. The topological polar surface area (TPSA) is 19.0 Å². The van der Waals surface area contributed by atoms with Crippen molar-refractivity contribution in [1.29, 1.82) is 0 Å². The van der Waals surface area contributed by atoms with Gasteiger partial charge in [0.1, 0.15) is 5.82 Å². The number of hydrogen-bond donors (Lipinski definition) is 1. The molecule has 1 aliphatic heterocycles. The van der Waals surface area contributed by atoms with Gasteiger partial charge in [-0.15, -0.1) is 0 Å². The molecule has 2 aromatic carbocycles. The molecule has 0 radical (unpaired) electrons. The molecule has 0 amide bonds. The summed E-state index contributed by atoms with van der Waals surface area (Å²) < 4.78 is 13.5. The van der Waals surface area contributed by atoms with Crippen molar-refractivity contribution in [1.82, 2.24) is 9.88 Å². The van der Waals surface area contributed by atoms with Crippen molar-refractivity contribution in [3.63, 3.8) is 0 Å². The van der Waals surface area contributed by atoms with Crippen molar-refractivity contribution >= 4 is 10.9 Å². The Morgan fingerprint density at radius 2 is 1.93 bits per heavy atom. The van der Waals surface area contributed by atoms with Crippen molar-refractivity contribution in [3.8, 4) is 0 Å². The third-order valence-corrected chi connectivity index (χ3v) is 6.27. The Morgan fingerprint density at radius 3 is 2.68 bits per heavy atom. The molecular weight excluding hydrogens is 347 g/mol. The Bertz CT molecular complexity index is 1000. The Labute approximate surface area is 167 Å². The van der Waals surface area contributed by atoms with E-state index in [0.29, 0.717) is 6.04 Å². The van der Waals surface area contributed by atoms with Gasteiger partial charge in [0.15, 0.2) is 0 Å². The summed E-state index contributed by atoms with van der Waals surface area (Å²) in [5.74, 6) is -0.196. The first-order valence-electron chi connectivity index (χ1n) is 10.4. The maximum absolute atomic E-state index is 13.5. The van der Waals surface area contributed by atoms with E-state index in [1.165, 1.54) is 27.8 Å². The van der Waals surface area contributed by atoms with Gasteiger partial charge in [0.25, 0.3) is 0 Å². The monoisotopic (exact) mass is 376 g/mol. The average Bonchev–Trinajstić information content (AvgIpc) is 3.12. The predicted molar refractivity (Wildman–Crippen MR) is 115 cm³/mol. The molecule has 1 unspecified atom stereocenters. The van der Waals surface area contributed by atoms with Gasteiger partial charge in [-0.25, -0.2) is 4.39 Å². The van der Waals surface area contributed by atoms with E-state index in [1.54, 1.807) is 12.1 Å². The largest absolute Gasteiger partial charge is 0.371 e. The zero-order valence-corrected chi connectivity index (χ0v) is 16.9. The first kappa shape index (κ1) is 18.8. The number of fused-ring (bicyclic) bond motifs is 2. The molecular formula is C25H29FN2. The van der Waals surface area contributed by atoms with Crippen LogP contribution in [0.2, 0.25) is 0 Å². The van der Waals surface area contributed by atoms with Crippen molar-refractivity contribution in [2.45, 2.75) is 52.0 Å². The fourth-order valence-corrected chi connectivity index (χ4v) is 4.73. The number of nitrogens with one attached hydrogen (secondary N) is 1. The van der Waals surface area contributed by atoms with Crippen LogP contribution in [-0.4, -0.2) is 16.4 Å². The number of halogens is 1. The molecule has 3 aromatic rings. The van der Waals surface area contributed by atoms with Crippen molar-refractivity contribution in [3.05, 3.63) is 82.9 Å². The molecule has 2 heterocycles. The lowest BCUT2D eigenvalue weighted by Gasteiger charge is -2.37. The summed E-state index contributed by atoms with van der Waals surface area (Å²) in [7, 11) is 0. The maximum Gasteiger partial charge on any atom is 0.125 e. The molecule has 2 nitrogen and oxygen atoms in total. The summed E-state index contributed by atoms with van der Waals surface area (Å²) in [6.45, 7) is 9.58. The fraction of sp³-hybridized carbons (Fsp3) is 0.360. The van der Waals surface area contributed by atoms with E-state index < -0.39 is 0 Å². The summed E-state index contributed by atoms with van der Waals surface area (Å²) in [5.41, 5.74) is 8.06. The molecule has 0 bridgehead atoms. The summed E-state index contributed by atoms with van der Waals surface area (Å²) in [6.07, 6.45) is 9.26. The molecule has 0 saturated carbocycles. The number of aryl methyl sites for hydroxylation is 3. The lowest BCUT2D eigenvalue weighted by atomic mass is 9.85. The second-order valence-electron chi connectivity index (χ2n) is 7.76. The first-order chi connectivity index (χ1) is 13.6. The summed E-state index contributed by atoms with van der Waals surface area (Å²) in [4.78, 5) is 5.61. The highest BCUT2D eigenvalue weighted by Gasteiger charge is 2.26. The van der Waals surface area contributed by atoms with Crippen molar-refractivity contribution in [2.24, 2.45) is 0 Å². The fourth-order valence-electron chi connectivity index (χ4n) is 4.73. The van der Waals surface area contributed by atoms with Crippen LogP contribution in [0.25, 0.3) is 10.9 Å². The smallest absolute Gasteiger partial charge is 0.125 e. The van der Waals surface area contributed by atoms with E-state index in [2.05, 4.69) is 42.4 Å². The minimum atomic E-state index is -0.196. The molecule has 3 heteroatoms. The van der Waals surface area contributed by atoms with E-state index in [1.807, 2.05) is 18.5 Å². The van der Waals surface area contributed by atoms with Gasteiger partial charge in [0.2, 0.25) is 0 Å². The maximum atomic E-state index is 13.5. The molecule has 4 rings (SSSR count). The average molecular weight is 377 g/mol. The van der Waals surface area contributed by atoms with Crippen LogP contribution in [0, 0.1) is 5.82 Å². The van der Waals surface area contributed by atoms with E-state index in [9.17, 15) is 4.39 Å². The first-order valence-corrected chi connectivity index (χ1v) is 10.4. The van der Waals surface area contributed by atoms with Gasteiger partial charge in [-0.1, -0.05) is 32.6 Å². The summed E-state index contributed by atoms with van der Waals surface area (Å²) in [5, 5.41) is 1.12. The second kappa shape index (κ2) is 7.83. The number of aromatic nitrogens is 1. The molecule has 1 atom stereocenters. The SMILES string of the molecule is C=CN1CCc2cc(CC)c(CC)cc2C1CCc1c[nH]c2cc(F)ccc12. The number of hydrogen-bond acceptors (Lipinski definition) is 1. The zero-order chi connectivity index (χ0) is 19.7. The normalized spacial score (nSPS) is 16.4. The van der Waals surface area contributed by atoms with Crippen LogP contribution in [0.5, 0.6) is 0 Å². The third-order valence-electron chi connectivity index (χ3n) is 6.27. The Hall–Kier alpha value is -2.55. The van der Waals surface area contributed by atoms with Crippen LogP contribution < -0.4 is 0 Å². The zero-order valence-electron chi connectivity index (χ0n) is 16.9. The Balaban J connectivity index is 1.65. The lowest BCUT2D eigenvalue weighted by Crippen LogP contribution is -2.32. The van der Waals surface area contributed by atoms with E-state index >= 15 is 0 Å². The lowest BCUT2D eigenvalue weighted by molar-refractivity contribution is 0.252. The quantitative estimate of drug-likeness (QED) is 0.550. The molecule has 1 aromatic heterocycles. The number of rotatable bonds is 6. The molecule has 146 valence electrons. The van der Waals surface area contributed by atoms with E-state index in [0.717, 1.165) is 49.6 Å². The summed E-state index contributed by atoms with van der Waals surface area (Å²) in [6, 6.07) is 10.2. The van der Waals surface area contributed by atoms with Crippen molar-refractivity contribution < 1.29 is 4.39 Å². The van der Waals surface area contributed by atoms with Crippen LogP contribution >= 0.6 is 0 Å². The highest BCUT2D eigenvalue weighted by atomic mass is 19.1. The van der Waals surface area contributed by atoms with Crippen LogP contribution in [0.4, 0.5) is 4.39 Å². The van der Waals surface area contributed by atoms with Gasteiger partial charge in [0.05, 0.1) is 6.04 Å². The number of benzene rings is 2. The van der Waals surface area contributed by atoms with Gasteiger partial charge in [-0.2, -0.15) is 0 Å². The molecule has 0 fully saturated rings.